The Balaban J connectivity index is 1.93. The van der Waals surface area contributed by atoms with Crippen molar-refractivity contribution in [1.82, 2.24) is 5.43 Å². The molecule has 0 unspecified atom stereocenters. The maximum Gasteiger partial charge on any atom is 0.264 e. The molecule has 0 saturated carbocycles. The Morgan fingerprint density at radius 1 is 1.00 bits per heavy atom. The predicted molar refractivity (Wildman–Crippen MR) is 126 cm³/mol. The molecular formula is C22H19Cl2N3O4S. The van der Waals surface area contributed by atoms with E-state index in [1.807, 2.05) is 0 Å². The number of carbonyl (C=O) groups excluding carboxylic acids is 1. The Labute approximate surface area is 196 Å². The minimum absolute atomic E-state index is 0.00184. The third kappa shape index (κ3) is 5.21. The molecule has 7 nitrogen and oxygen atoms in total. The summed E-state index contributed by atoms with van der Waals surface area (Å²) in [6, 6.07) is 18.7. The lowest BCUT2D eigenvalue weighted by atomic mass is 10.1. The van der Waals surface area contributed by atoms with Gasteiger partial charge >= 0.3 is 0 Å². The number of hydrogen-bond donors (Lipinski definition) is 2. The van der Waals surface area contributed by atoms with Crippen LogP contribution in [0.4, 0.5) is 5.69 Å². The molecule has 0 aliphatic carbocycles. The fourth-order valence-electron chi connectivity index (χ4n) is 2.86. The van der Waals surface area contributed by atoms with Crippen molar-refractivity contribution in [1.29, 1.82) is 0 Å². The molecule has 3 rings (SSSR count). The third-order valence-electron chi connectivity index (χ3n) is 4.46. The molecule has 2 N–H and O–H groups in total. The van der Waals surface area contributed by atoms with Gasteiger partial charge < -0.3 is 5.11 Å². The number of halogens is 2. The molecule has 0 bridgehead atoms. The van der Waals surface area contributed by atoms with Crippen LogP contribution in [0.25, 0.3) is 0 Å². The summed E-state index contributed by atoms with van der Waals surface area (Å²) in [5, 5.41) is 14.0. The van der Waals surface area contributed by atoms with Crippen molar-refractivity contribution in [2.45, 2.75) is 11.8 Å². The largest absolute Gasteiger partial charge is 0.507 e. The second kappa shape index (κ2) is 10.0. The number of hydrazone groups is 1. The van der Waals surface area contributed by atoms with Crippen molar-refractivity contribution in [3.63, 3.8) is 0 Å². The Hall–Kier alpha value is -3.07. The fraction of sp³-hybridized carbons (Fsp3) is 0.0909. The van der Waals surface area contributed by atoms with Crippen molar-refractivity contribution in [2.24, 2.45) is 5.10 Å². The van der Waals surface area contributed by atoms with Crippen molar-refractivity contribution in [3.05, 3.63) is 88.4 Å². The van der Waals surface area contributed by atoms with Gasteiger partial charge in [-0.3, -0.25) is 9.10 Å². The quantitative estimate of drug-likeness (QED) is 0.377. The number of amides is 1. The lowest BCUT2D eigenvalue weighted by Gasteiger charge is -2.25. The summed E-state index contributed by atoms with van der Waals surface area (Å²) in [7, 11) is -4.14. The molecule has 0 heterocycles. The highest BCUT2D eigenvalue weighted by atomic mass is 35.5. The van der Waals surface area contributed by atoms with Crippen LogP contribution >= 0.6 is 23.2 Å². The van der Waals surface area contributed by atoms with Gasteiger partial charge in [0.25, 0.3) is 15.9 Å². The highest BCUT2D eigenvalue weighted by Gasteiger charge is 2.29. The first kappa shape index (κ1) is 23.6. The summed E-state index contributed by atoms with van der Waals surface area (Å²) in [5.41, 5.74) is 3.15. The normalized spacial score (nSPS) is 11.8. The van der Waals surface area contributed by atoms with Crippen LogP contribution in [0.2, 0.25) is 10.0 Å². The topological polar surface area (TPSA) is 99.1 Å². The molecule has 0 aliphatic rings. The van der Waals surface area contributed by atoms with Gasteiger partial charge in [-0.15, -0.1) is 0 Å². The average Bonchev–Trinajstić information content (AvgIpc) is 2.79. The van der Waals surface area contributed by atoms with Crippen molar-refractivity contribution in [2.75, 3.05) is 10.8 Å². The van der Waals surface area contributed by atoms with Crippen LogP contribution in [-0.2, 0) is 14.8 Å². The monoisotopic (exact) mass is 491 g/mol. The number of carbonyl (C=O) groups is 1. The van der Waals surface area contributed by atoms with Gasteiger partial charge in [-0.05, 0) is 43.3 Å². The lowest BCUT2D eigenvalue weighted by Crippen LogP contribution is -2.40. The molecule has 0 radical (unpaired) electrons. The molecule has 0 fully saturated rings. The second-order valence-corrected chi connectivity index (χ2v) is 9.29. The molecule has 166 valence electrons. The Morgan fingerprint density at radius 2 is 1.66 bits per heavy atom. The number of nitrogens with one attached hydrogen (secondary N) is 1. The van der Waals surface area contributed by atoms with Gasteiger partial charge in [-0.1, -0.05) is 59.6 Å². The molecule has 0 spiro atoms. The van der Waals surface area contributed by atoms with Crippen molar-refractivity contribution >= 4 is 50.5 Å². The SMILES string of the molecule is C/C(=N/NC(=O)CN(c1cccc(Cl)c1Cl)S(=O)(=O)c1ccccc1)c1ccccc1O. The smallest absolute Gasteiger partial charge is 0.264 e. The van der Waals surface area contributed by atoms with Crippen LogP contribution in [0.15, 0.2) is 82.8 Å². The van der Waals surface area contributed by atoms with Gasteiger partial charge in [0, 0.05) is 5.56 Å². The lowest BCUT2D eigenvalue weighted by molar-refractivity contribution is -0.119. The van der Waals surface area contributed by atoms with Crippen LogP contribution in [0.3, 0.4) is 0 Å². The first-order chi connectivity index (χ1) is 15.2. The maximum absolute atomic E-state index is 13.3. The van der Waals surface area contributed by atoms with E-state index in [1.165, 1.54) is 36.4 Å². The summed E-state index contributed by atoms with van der Waals surface area (Å²) in [4.78, 5) is 12.6. The van der Waals surface area contributed by atoms with Gasteiger partial charge in [0.15, 0.2) is 0 Å². The Bertz CT molecular complexity index is 1270. The molecule has 32 heavy (non-hydrogen) atoms. The van der Waals surface area contributed by atoms with E-state index in [1.54, 1.807) is 43.3 Å². The first-order valence-corrected chi connectivity index (χ1v) is 11.5. The van der Waals surface area contributed by atoms with Gasteiger partial charge in [0.2, 0.25) is 0 Å². The van der Waals surface area contributed by atoms with Crippen molar-refractivity contribution in [3.8, 4) is 5.75 Å². The summed E-state index contributed by atoms with van der Waals surface area (Å²) in [6.45, 7) is 0.997. The molecule has 10 heteroatoms. The van der Waals surface area contributed by atoms with E-state index in [4.69, 9.17) is 23.2 Å². The standard InChI is InChI=1S/C22H19Cl2N3O4S/c1-15(17-10-5-6-13-20(17)28)25-26-21(29)14-27(19-12-7-11-18(23)22(19)24)32(30,31)16-8-3-2-4-9-16/h2-13,28H,14H2,1H3,(H,26,29)/b25-15-. The fourth-order valence-corrected chi connectivity index (χ4v) is 4.76. The molecule has 1 amide bonds. The minimum atomic E-state index is -4.14. The maximum atomic E-state index is 13.3. The van der Waals surface area contributed by atoms with E-state index in [0.717, 1.165) is 4.31 Å². The van der Waals surface area contributed by atoms with Gasteiger partial charge in [-0.2, -0.15) is 5.10 Å². The highest BCUT2D eigenvalue weighted by Crippen LogP contribution is 2.35. The van der Waals surface area contributed by atoms with E-state index >= 15 is 0 Å². The number of sulfonamides is 1. The van der Waals surface area contributed by atoms with E-state index in [2.05, 4.69) is 10.5 Å². The molecule has 0 saturated heterocycles. The number of anilines is 1. The van der Waals surface area contributed by atoms with Crippen LogP contribution in [0.1, 0.15) is 12.5 Å². The molecular weight excluding hydrogens is 473 g/mol. The number of phenolic OH excluding ortho intramolecular Hbond substituents is 1. The highest BCUT2D eigenvalue weighted by molar-refractivity contribution is 7.92. The summed E-state index contributed by atoms with van der Waals surface area (Å²) < 4.78 is 27.5. The van der Waals surface area contributed by atoms with Gasteiger partial charge in [-0.25, -0.2) is 13.8 Å². The number of nitrogens with zero attached hydrogens (tertiary/aromatic N) is 2. The zero-order chi connectivity index (χ0) is 23.3. The van der Waals surface area contributed by atoms with Crippen LogP contribution < -0.4 is 9.73 Å². The number of phenols is 1. The number of rotatable bonds is 7. The zero-order valence-corrected chi connectivity index (χ0v) is 19.2. The van der Waals surface area contributed by atoms with Crippen LogP contribution in [0.5, 0.6) is 5.75 Å². The molecule has 3 aromatic rings. The summed E-state index contributed by atoms with van der Waals surface area (Å²) in [6.07, 6.45) is 0. The third-order valence-corrected chi connectivity index (χ3v) is 7.04. The Kier molecular flexibility index (Phi) is 7.40. The van der Waals surface area contributed by atoms with Crippen LogP contribution in [0, 0.1) is 0 Å². The molecule has 0 aromatic heterocycles. The average molecular weight is 492 g/mol. The van der Waals surface area contributed by atoms with E-state index in [-0.39, 0.29) is 26.4 Å². The second-order valence-electron chi connectivity index (χ2n) is 6.65. The van der Waals surface area contributed by atoms with Gasteiger partial charge in [0.1, 0.15) is 12.3 Å². The summed E-state index contributed by atoms with van der Waals surface area (Å²) >= 11 is 12.3. The first-order valence-electron chi connectivity index (χ1n) is 9.35. The molecule has 0 atom stereocenters. The molecule has 3 aromatic carbocycles. The van der Waals surface area contributed by atoms with Crippen molar-refractivity contribution < 1.29 is 18.3 Å². The zero-order valence-electron chi connectivity index (χ0n) is 16.9. The number of benzene rings is 3. The Morgan fingerprint density at radius 3 is 2.34 bits per heavy atom. The van der Waals surface area contributed by atoms with E-state index in [0.29, 0.717) is 11.3 Å². The number of aromatic hydroxyl groups is 1. The van der Waals surface area contributed by atoms with E-state index < -0.39 is 22.5 Å². The van der Waals surface area contributed by atoms with Crippen LogP contribution in [-0.4, -0.2) is 31.7 Å². The molecule has 0 aliphatic heterocycles. The minimum Gasteiger partial charge on any atom is -0.507 e. The van der Waals surface area contributed by atoms with E-state index in [9.17, 15) is 18.3 Å². The summed E-state index contributed by atoms with van der Waals surface area (Å²) in [5.74, 6) is -0.711. The van der Waals surface area contributed by atoms with Gasteiger partial charge in [0.05, 0.1) is 26.3 Å². The predicted octanol–water partition coefficient (Wildman–Crippen LogP) is 4.43. The number of para-hydroxylation sites is 1. The number of hydrogen-bond acceptors (Lipinski definition) is 5.